The summed E-state index contributed by atoms with van der Waals surface area (Å²) in [7, 11) is 0. The largest absolute Gasteiger partial charge is 0.302 e. The van der Waals surface area contributed by atoms with Crippen LogP contribution in [0, 0.1) is 0 Å². The van der Waals surface area contributed by atoms with Gasteiger partial charge in [0.25, 0.3) is 0 Å². The molecular formula is C11H9ClN2O2S. The number of carbonyl (C=O) groups is 2. The van der Waals surface area contributed by atoms with E-state index in [0.717, 1.165) is 10.2 Å². The van der Waals surface area contributed by atoms with Crippen LogP contribution < -0.4 is 5.32 Å². The van der Waals surface area contributed by atoms with E-state index in [1.807, 2.05) is 0 Å². The average molecular weight is 269 g/mol. The van der Waals surface area contributed by atoms with Crippen molar-refractivity contribution in [2.75, 3.05) is 5.32 Å². The van der Waals surface area contributed by atoms with Crippen LogP contribution in [0.1, 0.15) is 13.3 Å². The van der Waals surface area contributed by atoms with E-state index >= 15 is 0 Å². The number of benzene rings is 1. The zero-order chi connectivity index (χ0) is 12.4. The molecule has 0 saturated carbocycles. The summed E-state index contributed by atoms with van der Waals surface area (Å²) in [6, 6.07) is 5.31. The first-order valence-corrected chi connectivity index (χ1v) is 6.09. The van der Waals surface area contributed by atoms with Crippen LogP contribution in [0.25, 0.3) is 10.2 Å². The van der Waals surface area contributed by atoms with Crippen LogP contribution in [0.5, 0.6) is 0 Å². The van der Waals surface area contributed by atoms with E-state index in [2.05, 4.69) is 10.3 Å². The molecule has 1 heterocycles. The zero-order valence-corrected chi connectivity index (χ0v) is 10.6. The van der Waals surface area contributed by atoms with Crippen molar-refractivity contribution in [1.29, 1.82) is 0 Å². The van der Waals surface area contributed by atoms with Crippen LogP contribution in [0.15, 0.2) is 18.2 Å². The highest BCUT2D eigenvalue weighted by Crippen LogP contribution is 2.28. The van der Waals surface area contributed by atoms with Gasteiger partial charge in [-0.3, -0.25) is 9.59 Å². The predicted molar refractivity (Wildman–Crippen MR) is 68.6 cm³/mol. The molecule has 0 saturated heterocycles. The number of thiazole rings is 1. The van der Waals surface area contributed by atoms with E-state index in [4.69, 9.17) is 11.6 Å². The van der Waals surface area contributed by atoms with Crippen molar-refractivity contribution in [3.05, 3.63) is 23.2 Å². The number of nitrogens with zero attached hydrogens (tertiary/aromatic N) is 1. The SMILES string of the molecule is CC(=O)CC(=O)Nc1nc2ccc(Cl)cc2s1. The summed E-state index contributed by atoms with van der Waals surface area (Å²) >= 11 is 7.18. The lowest BCUT2D eigenvalue weighted by molar-refractivity contribution is -0.124. The number of Topliss-reactive ketones (excluding diaryl/α,β-unsaturated/α-hetero) is 1. The molecule has 4 nitrogen and oxygen atoms in total. The maximum atomic E-state index is 11.4. The minimum atomic E-state index is -0.345. The van der Waals surface area contributed by atoms with Crippen LogP contribution in [0.2, 0.25) is 5.02 Å². The van der Waals surface area contributed by atoms with Crippen molar-refractivity contribution in [3.8, 4) is 0 Å². The molecule has 88 valence electrons. The molecule has 17 heavy (non-hydrogen) atoms. The monoisotopic (exact) mass is 268 g/mol. The maximum Gasteiger partial charge on any atom is 0.233 e. The molecule has 2 aromatic rings. The van der Waals surface area contributed by atoms with Gasteiger partial charge in [-0.1, -0.05) is 22.9 Å². The van der Waals surface area contributed by atoms with Gasteiger partial charge in [-0.25, -0.2) is 4.98 Å². The quantitative estimate of drug-likeness (QED) is 0.871. The van der Waals surface area contributed by atoms with E-state index in [1.54, 1.807) is 18.2 Å². The summed E-state index contributed by atoms with van der Waals surface area (Å²) in [4.78, 5) is 26.4. The normalized spacial score (nSPS) is 10.5. The maximum absolute atomic E-state index is 11.4. The Morgan fingerprint density at radius 2 is 2.24 bits per heavy atom. The second kappa shape index (κ2) is 4.81. The Kier molecular flexibility index (Phi) is 3.40. The van der Waals surface area contributed by atoms with Gasteiger partial charge in [-0.15, -0.1) is 0 Å². The number of amides is 1. The number of rotatable bonds is 3. The number of hydrogen-bond donors (Lipinski definition) is 1. The van der Waals surface area contributed by atoms with Crippen LogP contribution in [0.3, 0.4) is 0 Å². The first-order chi connectivity index (χ1) is 8.04. The Hall–Kier alpha value is -1.46. The molecule has 0 aliphatic heterocycles. The lowest BCUT2D eigenvalue weighted by atomic mass is 10.3. The van der Waals surface area contributed by atoms with Crippen molar-refractivity contribution in [2.45, 2.75) is 13.3 Å². The fraction of sp³-hybridized carbons (Fsp3) is 0.182. The number of anilines is 1. The summed E-state index contributed by atoms with van der Waals surface area (Å²) in [6.45, 7) is 1.37. The minimum Gasteiger partial charge on any atom is -0.302 e. The molecule has 6 heteroatoms. The molecule has 1 aromatic heterocycles. The number of aromatic nitrogens is 1. The Morgan fingerprint density at radius 1 is 1.47 bits per heavy atom. The highest BCUT2D eigenvalue weighted by Gasteiger charge is 2.09. The van der Waals surface area contributed by atoms with Crippen LogP contribution >= 0.6 is 22.9 Å². The Bertz CT molecular complexity index is 594. The van der Waals surface area contributed by atoms with Gasteiger partial charge in [0.05, 0.1) is 16.6 Å². The third-order valence-corrected chi connectivity index (χ3v) is 3.18. The van der Waals surface area contributed by atoms with E-state index in [1.165, 1.54) is 18.3 Å². The molecule has 1 N–H and O–H groups in total. The summed E-state index contributed by atoms with van der Waals surface area (Å²) in [5.74, 6) is -0.519. The number of carbonyl (C=O) groups excluding carboxylic acids is 2. The topological polar surface area (TPSA) is 59.1 Å². The van der Waals surface area contributed by atoms with Crippen molar-refractivity contribution in [3.63, 3.8) is 0 Å². The predicted octanol–water partition coefficient (Wildman–Crippen LogP) is 2.87. The van der Waals surface area contributed by atoms with E-state index < -0.39 is 0 Å². The number of hydrogen-bond acceptors (Lipinski definition) is 4. The van der Waals surface area contributed by atoms with Gasteiger partial charge < -0.3 is 5.32 Å². The molecule has 0 fully saturated rings. The summed E-state index contributed by atoms with van der Waals surface area (Å²) in [5, 5.41) is 3.69. The van der Waals surface area contributed by atoms with Gasteiger partial charge in [0.1, 0.15) is 5.78 Å². The van der Waals surface area contributed by atoms with E-state index in [9.17, 15) is 9.59 Å². The lowest BCUT2D eigenvalue weighted by Gasteiger charge is -1.97. The fourth-order valence-corrected chi connectivity index (χ4v) is 2.50. The standard InChI is InChI=1S/C11H9ClN2O2S/c1-6(15)4-10(16)14-11-13-8-3-2-7(12)5-9(8)17-11/h2-3,5H,4H2,1H3,(H,13,14,16). The molecule has 1 amide bonds. The highest BCUT2D eigenvalue weighted by molar-refractivity contribution is 7.22. The van der Waals surface area contributed by atoms with Gasteiger partial charge in [-0.2, -0.15) is 0 Å². The molecule has 2 rings (SSSR count). The van der Waals surface area contributed by atoms with Gasteiger partial charge in [-0.05, 0) is 25.1 Å². The number of nitrogens with one attached hydrogen (secondary N) is 1. The Balaban J connectivity index is 2.19. The minimum absolute atomic E-state index is 0.128. The molecule has 0 bridgehead atoms. The van der Waals surface area contributed by atoms with Crippen molar-refractivity contribution in [2.24, 2.45) is 0 Å². The lowest BCUT2D eigenvalue weighted by Crippen LogP contribution is -2.14. The summed E-state index contributed by atoms with van der Waals surface area (Å²) < 4.78 is 0.899. The van der Waals surface area contributed by atoms with Gasteiger partial charge in [0.2, 0.25) is 5.91 Å². The highest BCUT2D eigenvalue weighted by atomic mass is 35.5. The van der Waals surface area contributed by atoms with Crippen LogP contribution in [0.4, 0.5) is 5.13 Å². The smallest absolute Gasteiger partial charge is 0.233 e. The molecule has 0 aliphatic carbocycles. The molecule has 0 radical (unpaired) electrons. The Labute approximate surface area is 107 Å². The first kappa shape index (κ1) is 12.0. The van der Waals surface area contributed by atoms with E-state index in [0.29, 0.717) is 10.2 Å². The van der Waals surface area contributed by atoms with Crippen molar-refractivity contribution >= 4 is 50.0 Å². The van der Waals surface area contributed by atoms with Crippen molar-refractivity contribution in [1.82, 2.24) is 4.98 Å². The molecule has 0 spiro atoms. The fourth-order valence-electron chi connectivity index (χ4n) is 1.34. The van der Waals surface area contributed by atoms with Gasteiger partial charge in [0, 0.05) is 5.02 Å². The number of fused-ring (bicyclic) bond motifs is 1. The molecule has 0 aliphatic rings. The van der Waals surface area contributed by atoms with Crippen LogP contribution in [-0.2, 0) is 9.59 Å². The molecule has 1 aromatic carbocycles. The summed E-state index contributed by atoms with van der Waals surface area (Å²) in [6.07, 6.45) is -0.128. The molecule has 0 unspecified atom stereocenters. The van der Waals surface area contributed by atoms with Gasteiger partial charge >= 0.3 is 0 Å². The molecular weight excluding hydrogens is 260 g/mol. The average Bonchev–Trinajstić information content (AvgIpc) is 2.57. The first-order valence-electron chi connectivity index (χ1n) is 4.90. The Morgan fingerprint density at radius 3 is 2.94 bits per heavy atom. The van der Waals surface area contributed by atoms with Crippen LogP contribution in [-0.4, -0.2) is 16.7 Å². The number of halogens is 1. The third kappa shape index (κ3) is 3.01. The van der Waals surface area contributed by atoms with Gasteiger partial charge in [0.15, 0.2) is 5.13 Å². The second-order valence-corrected chi connectivity index (χ2v) is 5.03. The second-order valence-electron chi connectivity index (χ2n) is 3.56. The third-order valence-electron chi connectivity index (χ3n) is 2.01. The van der Waals surface area contributed by atoms with E-state index in [-0.39, 0.29) is 18.1 Å². The summed E-state index contributed by atoms with van der Waals surface area (Å²) in [5.41, 5.74) is 0.775. The zero-order valence-electron chi connectivity index (χ0n) is 8.99. The molecule has 0 atom stereocenters. The van der Waals surface area contributed by atoms with Crippen molar-refractivity contribution < 1.29 is 9.59 Å². The number of ketones is 1.